The predicted octanol–water partition coefficient (Wildman–Crippen LogP) is 10.2. The topological polar surface area (TPSA) is 47.9 Å². The van der Waals surface area contributed by atoms with E-state index in [1.54, 1.807) is 0 Å². The fourth-order valence-corrected chi connectivity index (χ4v) is 6.80. The van der Waals surface area contributed by atoms with Crippen molar-refractivity contribution in [3.05, 3.63) is 175 Å². The van der Waals surface area contributed by atoms with E-state index in [0.29, 0.717) is 17.5 Å². The Morgan fingerprint density at radius 3 is 1.81 bits per heavy atom. The summed E-state index contributed by atoms with van der Waals surface area (Å²) in [4.78, 5) is 15.0. The molecule has 222 valence electrons. The summed E-state index contributed by atoms with van der Waals surface area (Å²) in [6.45, 7) is 0. The highest BCUT2D eigenvalue weighted by molar-refractivity contribution is 5.97. The Morgan fingerprint density at radius 1 is 0.468 bits per heavy atom. The average Bonchev–Trinajstić information content (AvgIpc) is 3.53. The number of ether oxygens (including phenoxy) is 1. The number of rotatable bonds is 5. The van der Waals surface area contributed by atoms with E-state index in [-0.39, 0.29) is 12.0 Å². The van der Waals surface area contributed by atoms with Crippen LogP contribution in [0.3, 0.4) is 0 Å². The smallest absolute Gasteiger partial charge is 0.164 e. The van der Waals surface area contributed by atoms with Gasteiger partial charge in [-0.2, -0.15) is 0 Å². The van der Waals surface area contributed by atoms with Gasteiger partial charge in [-0.3, -0.25) is 0 Å². The van der Waals surface area contributed by atoms with Gasteiger partial charge in [0.05, 0.1) is 0 Å². The molecule has 0 spiro atoms. The lowest BCUT2D eigenvalue weighted by molar-refractivity contribution is 0.269. The first-order valence-electron chi connectivity index (χ1n) is 15.9. The molecule has 6 aromatic carbocycles. The van der Waals surface area contributed by atoms with Crippen molar-refractivity contribution in [1.82, 2.24) is 15.0 Å². The quantitative estimate of drug-likeness (QED) is 0.196. The van der Waals surface area contributed by atoms with Crippen molar-refractivity contribution < 1.29 is 4.74 Å². The molecule has 7 aromatic rings. The second-order valence-electron chi connectivity index (χ2n) is 11.9. The average molecular weight is 604 g/mol. The molecule has 2 heterocycles. The van der Waals surface area contributed by atoms with Gasteiger partial charge < -0.3 is 4.74 Å². The summed E-state index contributed by atoms with van der Waals surface area (Å²) >= 11 is 0. The van der Waals surface area contributed by atoms with Crippen molar-refractivity contribution in [3.63, 3.8) is 0 Å². The summed E-state index contributed by atoms with van der Waals surface area (Å²) in [5.41, 5.74) is 8.76. The van der Waals surface area contributed by atoms with Crippen LogP contribution in [-0.2, 0) is 0 Å². The molecule has 2 atom stereocenters. The zero-order valence-electron chi connectivity index (χ0n) is 25.5. The minimum absolute atomic E-state index is 0.0241. The summed E-state index contributed by atoms with van der Waals surface area (Å²) in [5.74, 6) is 2.83. The summed E-state index contributed by atoms with van der Waals surface area (Å²) in [7, 11) is 0. The lowest BCUT2D eigenvalue weighted by Gasteiger charge is -2.20. The molecule has 2 unspecified atom stereocenters. The summed E-state index contributed by atoms with van der Waals surface area (Å²) in [6.07, 6.45) is 6.61. The van der Waals surface area contributed by atoms with E-state index in [1.807, 2.05) is 66.7 Å². The molecule has 0 N–H and O–H groups in total. The molecule has 0 saturated heterocycles. The van der Waals surface area contributed by atoms with Gasteiger partial charge in [0.2, 0.25) is 0 Å². The van der Waals surface area contributed by atoms with E-state index in [1.165, 1.54) is 33.0 Å². The maximum Gasteiger partial charge on any atom is 0.164 e. The van der Waals surface area contributed by atoms with Gasteiger partial charge in [0, 0.05) is 28.2 Å². The molecule has 47 heavy (non-hydrogen) atoms. The molecule has 9 rings (SSSR count). The van der Waals surface area contributed by atoms with Gasteiger partial charge in [0.25, 0.3) is 0 Å². The standard InChI is InChI=1S/C43H29N3O/c1-3-12-31(13-4-1)41-44-42(32-14-5-2-6-15-32)46-43(45-41)36-19-10-20-39-40(36)37-27-33(25-26-38(37)47-39)28-21-23-30(24-22-28)35-18-9-16-29-11-7-8-17-34(29)35/h1-27,37-38H. The Morgan fingerprint density at radius 2 is 1.06 bits per heavy atom. The highest BCUT2D eigenvalue weighted by Gasteiger charge is 2.36. The van der Waals surface area contributed by atoms with Gasteiger partial charge >= 0.3 is 0 Å². The second-order valence-corrected chi connectivity index (χ2v) is 11.9. The maximum absolute atomic E-state index is 6.50. The van der Waals surface area contributed by atoms with Crippen LogP contribution < -0.4 is 4.74 Å². The van der Waals surface area contributed by atoms with E-state index in [9.17, 15) is 0 Å². The molecule has 0 fully saturated rings. The lowest BCUT2D eigenvalue weighted by Crippen LogP contribution is -2.17. The molecule has 2 aliphatic rings. The van der Waals surface area contributed by atoms with Crippen LogP contribution in [0.2, 0.25) is 0 Å². The fraction of sp³-hybridized carbons (Fsp3) is 0.0465. The van der Waals surface area contributed by atoms with Gasteiger partial charge in [0.15, 0.2) is 17.5 Å². The molecular formula is C43H29N3O. The van der Waals surface area contributed by atoms with E-state index in [4.69, 9.17) is 19.7 Å². The number of aromatic nitrogens is 3. The van der Waals surface area contributed by atoms with Gasteiger partial charge in [-0.1, -0.05) is 152 Å². The zero-order valence-corrected chi connectivity index (χ0v) is 25.5. The van der Waals surface area contributed by atoms with Crippen LogP contribution in [0.25, 0.3) is 61.6 Å². The predicted molar refractivity (Wildman–Crippen MR) is 190 cm³/mol. The van der Waals surface area contributed by atoms with Crippen LogP contribution in [0.4, 0.5) is 0 Å². The summed E-state index contributed by atoms with van der Waals surface area (Å²) in [5, 5.41) is 2.51. The molecule has 0 bridgehead atoms. The molecule has 1 aromatic heterocycles. The maximum atomic E-state index is 6.50. The Bertz CT molecular complexity index is 2260. The number of hydrogen-bond donors (Lipinski definition) is 0. The minimum Gasteiger partial charge on any atom is -0.485 e. The van der Waals surface area contributed by atoms with E-state index in [0.717, 1.165) is 28.0 Å². The molecule has 0 amide bonds. The first-order valence-corrected chi connectivity index (χ1v) is 15.9. The Hall–Kier alpha value is -6.13. The minimum atomic E-state index is -0.0890. The summed E-state index contributed by atoms with van der Waals surface area (Å²) < 4.78 is 6.50. The first-order chi connectivity index (χ1) is 23.3. The van der Waals surface area contributed by atoms with Crippen LogP contribution in [-0.4, -0.2) is 21.1 Å². The van der Waals surface area contributed by atoms with Crippen LogP contribution in [0.5, 0.6) is 5.75 Å². The second kappa shape index (κ2) is 11.3. The Kier molecular flexibility index (Phi) is 6.57. The van der Waals surface area contributed by atoms with Crippen molar-refractivity contribution in [2.75, 3.05) is 0 Å². The number of hydrogen-bond acceptors (Lipinski definition) is 4. The number of fused-ring (bicyclic) bond motifs is 4. The first kappa shape index (κ1) is 27.2. The van der Waals surface area contributed by atoms with Gasteiger partial charge in [0.1, 0.15) is 11.9 Å². The normalized spacial score (nSPS) is 16.3. The van der Waals surface area contributed by atoms with Crippen LogP contribution in [0.1, 0.15) is 17.0 Å². The molecule has 4 heteroatoms. The number of benzene rings is 6. The van der Waals surface area contributed by atoms with Crippen LogP contribution in [0, 0.1) is 0 Å². The molecule has 4 nitrogen and oxygen atoms in total. The fourth-order valence-electron chi connectivity index (χ4n) is 6.80. The highest BCUT2D eigenvalue weighted by Crippen LogP contribution is 2.47. The van der Waals surface area contributed by atoms with Gasteiger partial charge in [-0.05, 0) is 45.2 Å². The van der Waals surface area contributed by atoms with Crippen molar-refractivity contribution >= 4 is 16.3 Å². The monoisotopic (exact) mass is 603 g/mol. The summed E-state index contributed by atoms with van der Waals surface area (Å²) in [6, 6.07) is 50.3. The van der Waals surface area contributed by atoms with Gasteiger partial charge in [-0.25, -0.2) is 15.0 Å². The van der Waals surface area contributed by atoms with Crippen LogP contribution in [0.15, 0.2) is 164 Å². The van der Waals surface area contributed by atoms with Crippen molar-refractivity contribution in [1.29, 1.82) is 0 Å². The van der Waals surface area contributed by atoms with Crippen molar-refractivity contribution in [3.8, 4) is 51.0 Å². The van der Waals surface area contributed by atoms with E-state index < -0.39 is 0 Å². The highest BCUT2D eigenvalue weighted by atomic mass is 16.5. The molecule has 0 saturated carbocycles. The van der Waals surface area contributed by atoms with Crippen molar-refractivity contribution in [2.45, 2.75) is 12.0 Å². The zero-order chi connectivity index (χ0) is 31.2. The van der Waals surface area contributed by atoms with Crippen LogP contribution >= 0.6 is 0 Å². The molecule has 1 aliphatic heterocycles. The third kappa shape index (κ3) is 4.91. The van der Waals surface area contributed by atoms with E-state index in [2.05, 4.69) is 97.1 Å². The molecule has 0 radical (unpaired) electrons. The molecular weight excluding hydrogens is 574 g/mol. The molecule has 1 aliphatic carbocycles. The Labute approximate surface area is 273 Å². The third-order valence-corrected chi connectivity index (χ3v) is 9.10. The van der Waals surface area contributed by atoms with Crippen molar-refractivity contribution in [2.24, 2.45) is 0 Å². The lowest BCUT2D eigenvalue weighted by atomic mass is 9.84. The third-order valence-electron chi connectivity index (χ3n) is 9.10. The number of nitrogens with zero attached hydrogens (tertiary/aromatic N) is 3. The van der Waals surface area contributed by atoms with Gasteiger partial charge in [-0.15, -0.1) is 0 Å². The SMILES string of the molecule is C1=CC2Oc3cccc(-c4nc(-c5ccccc5)nc(-c5ccccc5)n4)c3C2C=C1c1ccc(-c2cccc3ccccc23)cc1. The Balaban J connectivity index is 1.11. The largest absolute Gasteiger partial charge is 0.485 e. The number of allylic oxidation sites excluding steroid dienone is 2. The van der Waals surface area contributed by atoms with E-state index >= 15 is 0 Å².